The molecule has 1 aromatic rings. The first-order chi connectivity index (χ1) is 8.82. The van der Waals surface area contributed by atoms with Crippen molar-refractivity contribution in [1.29, 1.82) is 0 Å². The third kappa shape index (κ3) is 5.99. The van der Waals surface area contributed by atoms with Crippen molar-refractivity contribution in [1.82, 2.24) is 10.2 Å². The standard InChI is InChI=1S/C10H15N3O4S2/c1-10(2,17-3)4-6(14)11-8-12-13-9(19-8)18-5-7(15)16/h4-5H2,1-3H3,(H,15,16)(H,11,12,14). The molecule has 0 radical (unpaired) electrons. The summed E-state index contributed by atoms with van der Waals surface area (Å²) in [7, 11) is 1.54. The number of amides is 1. The van der Waals surface area contributed by atoms with Crippen LogP contribution in [0.2, 0.25) is 0 Å². The molecule has 0 spiro atoms. The molecule has 0 aliphatic heterocycles. The lowest BCUT2D eigenvalue weighted by Gasteiger charge is -2.21. The Morgan fingerprint density at radius 3 is 2.74 bits per heavy atom. The second-order valence-corrected chi connectivity index (χ2v) is 6.44. The number of anilines is 1. The maximum Gasteiger partial charge on any atom is 0.313 e. The van der Waals surface area contributed by atoms with Crippen molar-refractivity contribution in [3.05, 3.63) is 0 Å². The molecule has 1 aromatic heterocycles. The molecule has 0 atom stereocenters. The van der Waals surface area contributed by atoms with Gasteiger partial charge in [-0.25, -0.2) is 0 Å². The second-order valence-electron chi connectivity index (χ2n) is 4.24. The zero-order valence-electron chi connectivity index (χ0n) is 10.8. The molecule has 0 saturated carbocycles. The summed E-state index contributed by atoms with van der Waals surface area (Å²) in [6.07, 6.45) is 0.195. The number of hydrogen-bond acceptors (Lipinski definition) is 7. The molecule has 9 heteroatoms. The molecular formula is C10H15N3O4S2. The monoisotopic (exact) mass is 305 g/mol. The molecular weight excluding hydrogens is 290 g/mol. The van der Waals surface area contributed by atoms with Crippen molar-refractivity contribution >= 4 is 40.1 Å². The van der Waals surface area contributed by atoms with Crippen molar-refractivity contribution in [2.24, 2.45) is 0 Å². The van der Waals surface area contributed by atoms with E-state index in [4.69, 9.17) is 9.84 Å². The highest BCUT2D eigenvalue weighted by molar-refractivity contribution is 8.01. The van der Waals surface area contributed by atoms with E-state index in [0.29, 0.717) is 9.47 Å². The first-order valence-corrected chi connectivity index (χ1v) is 7.16. The first-order valence-electron chi connectivity index (χ1n) is 5.35. The fourth-order valence-electron chi connectivity index (χ4n) is 1.06. The van der Waals surface area contributed by atoms with Crippen molar-refractivity contribution in [2.75, 3.05) is 18.2 Å². The van der Waals surface area contributed by atoms with Crippen molar-refractivity contribution in [3.63, 3.8) is 0 Å². The van der Waals surface area contributed by atoms with E-state index in [9.17, 15) is 9.59 Å². The van der Waals surface area contributed by atoms with Gasteiger partial charge in [0.1, 0.15) is 0 Å². The Kier molecular flexibility index (Phi) is 5.70. The van der Waals surface area contributed by atoms with Crippen LogP contribution >= 0.6 is 23.1 Å². The molecule has 0 aliphatic rings. The zero-order chi connectivity index (χ0) is 14.5. The van der Waals surface area contributed by atoms with Crippen LogP contribution in [0.3, 0.4) is 0 Å². The Balaban J connectivity index is 2.49. The average molecular weight is 305 g/mol. The first kappa shape index (κ1) is 15.9. The summed E-state index contributed by atoms with van der Waals surface area (Å²) < 4.78 is 5.66. The van der Waals surface area contributed by atoms with Crippen LogP contribution in [-0.4, -0.2) is 45.6 Å². The van der Waals surface area contributed by atoms with Gasteiger partial charge in [0, 0.05) is 7.11 Å². The number of nitrogens with one attached hydrogen (secondary N) is 1. The number of ether oxygens (including phenoxy) is 1. The predicted molar refractivity (Wildman–Crippen MR) is 72.6 cm³/mol. The normalized spacial score (nSPS) is 11.3. The summed E-state index contributed by atoms with van der Waals surface area (Å²) in [6.45, 7) is 3.61. The summed E-state index contributed by atoms with van der Waals surface area (Å²) in [6, 6.07) is 0. The number of aromatic nitrogens is 2. The number of rotatable bonds is 7. The Bertz CT molecular complexity index is 461. The molecule has 1 heterocycles. The summed E-state index contributed by atoms with van der Waals surface area (Å²) in [5, 5.41) is 19.0. The van der Waals surface area contributed by atoms with Crippen LogP contribution in [-0.2, 0) is 14.3 Å². The third-order valence-corrected chi connectivity index (χ3v) is 4.07. The maximum atomic E-state index is 11.7. The molecule has 2 N–H and O–H groups in total. The number of carbonyl (C=O) groups is 2. The van der Waals surface area contributed by atoms with E-state index in [2.05, 4.69) is 15.5 Å². The predicted octanol–water partition coefficient (Wildman–Crippen LogP) is 1.47. The SMILES string of the molecule is COC(C)(C)CC(=O)Nc1nnc(SCC(=O)O)s1. The van der Waals surface area contributed by atoms with Crippen LogP contribution < -0.4 is 5.32 Å². The number of carboxylic acids is 1. The van der Waals surface area contributed by atoms with E-state index in [1.807, 2.05) is 0 Å². The maximum absolute atomic E-state index is 11.7. The van der Waals surface area contributed by atoms with Crippen LogP contribution in [0.4, 0.5) is 5.13 Å². The van der Waals surface area contributed by atoms with Gasteiger partial charge in [0.15, 0.2) is 4.34 Å². The van der Waals surface area contributed by atoms with Crippen LogP contribution in [0.25, 0.3) is 0 Å². The van der Waals surface area contributed by atoms with Crippen LogP contribution in [0.1, 0.15) is 20.3 Å². The highest BCUT2D eigenvalue weighted by Crippen LogP contribution is 2.25. The van der Waals surface area contributed by atoms with Gasteiger partial charge in [0.05, 0.1) is 17.8 Å². The molecule has 0 saturated heterocycles. The Morgan fingerprint density at radius 1 is 1.47 bits per heavy atom. The second kappa shape index (κ2) is 6.83. The van der Waals surface area contributed by atoms with E-state index in [1.54, 1.807) is 21.0 Å². The van der Waals surface area contributed by atoms with Gasteiger partial charge in [-0.1, -0.05) is 23.1 Å². The Morgan fingerprint density at radius 2 is 2.16 bits per heavy atom. The minimum Gasteiger partial charge on any atom is -0.481 e. The van der Waals surface area contributed by atoms with E-state index in [0.717, 1.165) is 23.1 Å². The highest BCUT2D eigenvalue weighted by Gasteiger charge is 2.21. The number of carboxylic acid groups (broad SMARTS) is 1. The number of carbonyl (C=O) groups excluding carboxylic acids is 1. The molecule has 0 aliphatic carbocycles. The number of hydrogen-bond donors (Lipinski definition) is 2. The van der Waals surface area contributed by atoms with Gasteiger partial charge >= 0.3 is 5.97 Å². The molecule has 1 rings (SSSR count). The van der Waals surface area contributed by atoms with Crippen LogP contribution in [0, 0.1) is 0 Å². The van der Waals surface area contributed by atoms with Gasteiger partial charge in [-0.15, -0.1) is 10.2 Å². The topological polar surface area (TPSA) is 101 Å². The fourth-order valence-corrected chi connectivity index (χ4v) is 2.55. The smallest absolute Gasteiger partial charge is 0.313 e. The Hall–Kier alpha value is -1.19. The third-order valence-electron chi connectivity index (χ3n) is 2.11. The highest BCUT2D eigenvalue weighted by atomic mass is 32.2. The van der Waals surface area contributed by atoms with Gasteiger partial charge in [-0.05, 0) is 13.8 Å². The van der Waals surface area contributed by atoms with E-state index < -0.39 is 11.6 Å². The van der Waals surface area contributed by atoms with Crippen LogP contribution in [0.15, 0.2) is 4.34 Å². The summed E-state index contributed by atoms with van der Waals surface area (Å²) in [4.78, 5) is 22.1. The van der Waals surface area contributed by atoms with Gasteiger partial charge in [-0.3, -0.25) is 9.59 Å². The molecule has 0 aromatic carbocycles. The Labute approximate surface area is 118 Å². The number of nitrogens with zero attached hydrogens (tertiary/aromatic N) is 2. The molecule has 0 bridgehead atoms. The number of methoxy groups -OCH3 is 1. The quantitative estimate of drug-likeness (QED) is 0.581. The molecule has 106 valence electrons. The fraction of sp³-hybridized carbons (Fsp3) is 0.600. The lowest BCUT2D eigenvalue weighted by atomic mass is 10.1. The molecule has 1 amide bonds. The minimum absolute atomic E-state index is 0.0840. The lowest BCUT2D eigenvalue weighted by molar-refractivity contribution is -0.134. The van der Waals surface area contributed by atoms with Crippen molar-refractivity contribution in [3.8, 4) is 0 Å². The van der Waals surface area contributed by atoms with E-state index in [1.165, 1.54) is 0 Å². The molecule has 0 unspecified atom stereocenters. The number of aliphatic carboxylic acids is 1. The van der Waals surface area contributed by atoms with Crippen molar-refractivity contribution in [2.45, 2.75) is 30.2 Å². The zero-order valence-corrected chi connectivity index (χ0v) is 12.4. The summed E-state index contributed by atoms with van der Waals surface area (Å²) >= 11 is 2.20. The minimum atomic E-state index is -0.923. The van der Waals surface area contributed by atoms with Gasteiger partial charge < -0.3 is 15.2 Å². The van der Waals surface area contributed by atoms with E-state index >= 15 is 0 Å². The lowest BCUT2D eigenvalue weighted by Crippen LogP contribution is -2.29. The average Bonchev–Trinajstić information content (AvgIpc) is 2.73. The van der Waals surface area contributed by atoms with E-state index in [-0.39, 0.29) is 18.1 Å². The van der Waals surface area contributed by atoms with Gasteiger partial charge in [0.2, 0.25) is 11.0 Å². The van der Waals surface area contributed by atoms with Crippen molar-refractivity contribution < 1.29 is 19.4 Å². The molecule has 19 heavy (non-hydrogen) atoms. The molecule has 0 fully saturated rings. The largest absolute Gasteiger partial charge is 0.481 e. The summed E-state index contributed by atoms with van der Waals surface area (Å²) in [5.41, 5.74) is -0.546. The van der Waals surface area contributed by atoms with Gasteiger partial charge in [0.25, 0.3) is 0 Å². The van der Waals surface area contributed by atoms with Crippen LogP contribution in [0.5, 0.6) is 0 Å². The van der Waals surface area contributed by atoms with Gasteiger partial charge in [-0.2, -0.15) is 0 Å². The molecule has 7 nitrogen and oxygen atoms in total. The number of thioether (sulfide) groups is 1. The summed E-state index contributed by atoms with van der Waals surface area (Å²) in [5.74, 6) is -1.23.